The summed E-state index contributed by atoms with van der Waals surface area (Å²) in [6.45, 7) is 0.205. The van der Waals surface area contributed by atoms with Crippen LogP contribution in [-0.4, -0.2) is 33.1 Å². The molecular formula is C10H9ClN4O4. The average molecular weight is 285 g/mol. The summed E-state index contributed by atoms with van der Waals surface area (Å²) in [7, 11) is 1.40. The average Bonchev–Trinajstić information content (AvgIpc) is 2.84. The van der Waals surface area contributed by atoms with Crippen molar-refractivity contribution in [3.8, 4) is 6.01 Å². The highest BCUT2D eigenvalue weighted by atomic mass is 35.5. The van der Waals surface area contributed by atoms with Gasteiger partial charge in [-0.25, -0.2) is 4.79 Å². The zero-order valence-corrected chi connectivity index (χ0v) is 10.5. The molecule has 0 saturated carbocycles. The molecule has 2 aromatic heterocycles. The van der Waals surface area contributed by atoms with E-state index in [-0.39, 0.29) is 29.5 Å². The van der Waals surface area contributed by atoms with Crippen LogP contribution in [0.4, 0.5) is 5.95 Å². The molecule has 0 amide bonds. The molecule has 8 nitrogen and oxygen atoms in total. The van der Waals surface area contributed by atoms with Crippen molar-refractivity contribution >= 4 is 23.5 Å². The third-order valence-corrected chi connectivity index (χ3v) is 2.23. The first kappa shape index (κ1) is 13.1. The van der Waals surface area contributed by atoms with Gasteiger partial charge in [-0.15, -0.1) is 0 Å². The van der Waals surface area contributed by atoms with Crippen LogP contribution in [-0.2, 0) is 6.54 Å². The van der Waals surface area contributed by atoms with Crippen molar-refractivity contribution in [2.75, 3.05) is 12.4 Å². The van der Waals surface area contributed by atoms with Crippen LogP contribution in [0, 0.1) is 0 Å². The van der Waals surface area contributed by atoms with Crippen LogP contribution in [0.1, 0.15) is 16.3 Å². The summed E-state index contributed by atoms with van der Waals surface area (Å²) in [6, 6.07) is 2.98. The summed E-state index contributed by atoms with van der Waals surface area (Å²) < 4.78 is 9.89. The molecule has 0 saturated heterocycles. The van der Waals surface area contributed by atoms with E-state index in [9.17, 15) is 4.79 Å². The van der Waals surface area contributed by atoms with Crippen molar-refractivity contribution in [1.82, 2.24) is 15.0 Å². The first-order chi connectivity index (χ1) is 9.08. The molecule has 0 aromatic carbocycles. The quantitative estimate of drug-likeness (QED) is 0.848. The number of carboxylic acid groups (broad SMARTS) is 1. The number of hydrogen-bond donors (Lipinski definition) is 2. The van der Waals surface area contributed by atoms with E-state index in [0.29, 0.717) is 5.76 Å². The zero-order valence-electron chi connectivity index (χ0n) is 9.75. The standard InChI is InChI=1S/C10H9ClN4O4/c1-18-10-14-8(11)13-9(15-10)12-4-5-2-3-6(19-5)7(16)17/h2-3H,4H2,1H3,(H,16,17)(H,12,13,14,15). The third kappa shape index (κ3) is 3.32. The highest BCUT2D eigenvalue weighted by Crippen LogP contribution is 2.13. The van der Waals surface area contributed by atoms with Crippen LogP contribution in [0.2, 0.25) is 5.28 Å². The Labute approximate surface area is 112 Å². The predicted molar refractivity (Wildman–Crippen MR) is 64.4 cm³/mol. The summed E-state index contributed by atoms with van der Waals surface area (Å²) in [6.07, 6.45) is 0. The largest absolute Gasteiger partial charge is 0.475 e. The Morgan fingerprint density at radius 1 is 1.47 bits per heavy atom. The van der Waals surface area contributed by atoms with Gasteiger partial charge in [0.05, 0.1) is 13.7 Å². The smallest absolute Gasteiger partial charge is 0.371 e. The zero-order chi connectivity index (χ0) is 13.8. The van der Waals surface area contributed by atoms with Crippen molar-refractivity contribution in [2.24, 2.45) is 0 Å². The molecule has 2 rings (SSSR count). The van der Waals surface area contributed by atoms with Gasteiger partial charge in [0, 0.05) is 0 Å². The van der Waals surface area contributed by atoms with Gasteiger partial charge in [0.2, 0.25) is 17.0 Å². The summed E-state index contributed by atoms with van der Waals surface area (Å²) in [5, 5.41) is 11.5. The minimum atomic E-state index is -1.13. The topological polar surface area (TPSA) is 110 Å². The molecule has 19 heavy (non-hydrogen) atoms. The number of anilines is 1. The fourth-order valence-electron chi connectivity index (χ4n) is 1.26. The minimum Gasteiger partial charge on any atom is -0.475 e. The van der Waals surface area contributed by atoms with Gasteiger partial charge in [-0.05, 0) is 23.7 Å². The summed E-state index contributed by atoms with van der Waals surface area (Å²) in [5.41, 5.74) is 0. The van der Waals surface area contributed by atoms with E-state index in [1.165, 1.54) is 19.2 Å². The number of rotatable bonds is 5. The van der Waals surface area contributed by atoms with Gasteiger partial charge in [0.25, 0.3) is 0 Å². The van der Waals surface area contributed by atoms with Crippen LogP contribution in [0.15, 0.2) is 16.5 Å². The first-order valence-corrected chi connectivity index (χ1v) is 5.47. The fraction of sp³-hybridized carbons (Fsp3) is 0.200. The number of carboxylic acids is 1. The Kier molecular flexibility index (Phi) is 3.81. The first-order valence-electron chi connectivity index (χ1n) is 5.10. The second-order valence-electron chi connectivity index (χ2n) is 3.34. The molecule has 0 aliphatic rings. The number of ether oxygens (including phenoxy) is 1. The second-order valence-corrected chi connectivity index (χ2v) is 3.68. The Balaban J connectivity index is 2.05. The van der Waals surface area contributed by atoms with Crippen LogP contribution in [0.3, 0.4) is 0 Å². The Morgan fingerprint density at radius 2 is 2.26 bits per heavy atom. The number of carbonyl (C=O) groups is 1. The maximum atomic E-state index is 10.6. The van der Waals surface area contributed by atoms with Gasteiger partial charge in [0.15, 0.2) is 0 Å². The van der Waals surface area contributed by atoms with Crippen molar-refractivity contribution < 1.29 is 19.1 Å². The lowest BCUT2D eigenvalue weighted by molar-refractivity contribution is 0.0660. The SMILES string of the molecule is COc1nc(Cl)nc(NCc2ccc(C(=O)O)o2)n1. The maximum Gasteiger partial charge on any atom is 0.371 e. The number of nitrogens with zero attached hydrogens (tertiary/aromatic N) is 3. The molecule has 2 heterocycles. The van der Waals surface area contributed by atoms with Gasteiger partial charge in [-0.1, -0.05) is 0 Å². The number of halogens is 1. The highest BCUT2D eigenvalue weighted by molar-refractivity contribution is 6.28. The lowest BCUT2D eigenvalue weighted by Crippen LogP contribution is -2.05. The summed E-state index contributed by atoms with van der Waals surface area (Å²) in [5.74, 6) is -0.641. The van der Waals surface area contributed by atoms with Crippen molar-refractivity contribution in [3.63, 3.8) is 0 Å². The molecule has 0 bridgehead atoms. The Morgan fingerprint density at radius 3 is 2.89 bits per heavy atom. The van der Waals surface area contributed by atoms with Crippen LogP contribution >= 0.6 is 11.6 Å². The van der Waals surface area contributed by atoms with Gasteiger partial charge in [0.1, 0.15) is 5.76 Å². The van der Waals surface area contributed by atoms with E-state index in [0.717, 1.165) is 0 Å². The monoisotopic (exact) mass is 284 g/mol. The molecule has 100 valence electrons. The molecule has 0 aliphatic carbocycles. The second kappa shape index (κ2) is 5.53. The van der Waals surface area contributed by atoms with E-state index in [2.05, 4.69) is 20.3 Å². The molecule has 0 radical (unpaired) electrons. The van der Waals surface area contributed by atoms with Crippen LogP contribution in [0.25, 0.3) is 0 Å². The van der Waals surface area contributed by atoms with Crippen LogP contribution < -0.4 is 10.1 Å². The number of aromatic carboxylic acids is 1. The summed E-state index contributed by atoms with van der Waals surface area (Å²) >= 11 is 5.67. The normalized spacial score (nSPS) is 10.2. The molecule has 0 spiro atoms. The van der Waals surface area contributed by atoms with Gasteiger partial charge >= 0.3 is 12.0 Å². The lowest BCUT2D eigenvalue weighted by Gasteiger charge is -2.04. The number of hydrogen-bond acceptors (Lipinski definition) is 7. The van der Waals surface area contributed by atoms with Crippen LogP contribution in [0.5, 0.6) is 6.01 Å². The molecule has 2 aromatic rings. The Bertz CT molecular complexity index is 601. The molecule has 0 fully saturated rings. The molecule has 2 N–H and O–H groups in total. The maximum absolute atomic E-state index is 10.6. The van der Waals surface area contributed by atoms with Gasteiger partial charge in [-0.2, -0.15) is 15.0 Å². The van der Waals surface area contributed by atoms with E-state index in [1.54, 1.807) is 0 Å². The van der Waals surface area contributed by atoms with E-state index in [4.69, 9.17) is 25.9 Å². The van der Waals surface area contributed by atoms with E-state index in [1.807, 2.05) is 0 Å². The molecule has 9 heteroatoms. The Hall–Kier alpha value is -2.35. The molecule has 0 aliphatic heterocycles. The van der Waals surface area contributed by atoms with E-state index < -0.39 is 5.97 Å². The number of aromatic nitrogens is 3. The third-order valence-electron chi connectivity index (χ3n) is 2.06. The molecular weight excluding hydrogens is 276 g/mol. The molecule has 0 unspecified atom stereocenters. The van der Waals surface area contributed by atoms with E-state index >= 15 is 0 Å². The summed E-state index contributed by atoms with van der Waals surface area (Å²) in [4.78, 5) is 22.1. The van der Waals surface area contributed by atoms with Gasteiger partial charge in [-0.3, -0.25) is 0 Å². The fourth-order valence-corrected chi connectivity index (χ4v) is 1.41. The number of nitrogens with one attached hydrogen (secondary N) is 1. The minimum absolute atomic E-state index is 0.0139. The van der Waals surface area contributed by atoms with Crippen molar-refractivity contribution in [1.29, 1.82) is 0 Å². The van der Waals surface area contributed by atoms with Gasteiger partial charge < -0.3 is 19.6 Å². The number of methoxy groups -OCH3 is 1. The van der Waals surface area contributed by atoms with Crippen molar-refractivity contribution in [3.05, 3.63) is 28.9 Å². The van der Waals surface area contributed by atoms with Crippen molar-refractivity contribution in [2.45, 2.75) is 6.54 Å². The lowest BCUT2D eigenvalue weighted by atomic mass is 10.4. The predicted octanol–water partition coefficient (Wildman–Crippen LogP) is 1.44. The highest BCUT2D eigenvalue weighted by Gasteiger charge is 2.10. The molecule has 0 atom stereocenters. The number of furan rings is 1.